The molecule has 0 saturated heterocycles. The first kappa shape index (κ1) is 21.1. The third kappa shape index (κ3) is 5.25. The van der Waals surface area contributed by atoms with Gasteiger partial charge in [0.2, 0.25) is 0 Å². The summed E-state index contributed by atoms with van der Waals surface area (Å²) in [7, 11) is 0. The highest BCUT2D eigenvalue weighted by atomic mass is 19.4. The lowest BCUT2D eigenvalue weighted by Gasteiger charge is -2.16. The number of rotatable bonds is 6. The van der Waals surface area contributed by atoms with Gasteiger partial charge in [0.25, 0.3) is 5.91 Å². The number of ether oxygens (including phenoxy) is 1. The number of aromatic nitrogens is 2. The van der Waals surface area contributed by atoms with Crippen LogP contribution in [0.25, 0.3) is 5.69 Å². The Labute approximate surface area is 170 Å². The summed E-state index contributed by atoms with van der Waals surface area (Å²) in [6.45, 7) is 1.29. The van der Waals surface area contributed by atoms with Crippen LogP contribution in [0, 0.1) is 0 Å². The Bertz CT molecular complexity index is 1030. The van der Waals surface area contributed by atoms with Crippen LogP contribution < -0.4 is 5.32 Å². The van der Waals surface area contributed by atoms with E-state index in [-0.39, 0.29) is 6.42 Å². The van der Waals surface area contributed by atoms with Crippen molar-refractivity contribution in [1.82, 2.24) is 9.78 Å². The van der Waals surface area contributed by atoms with Crippen LogP contribution >= 0.6 is 0 Å². The summed E-state index contributed by atoms with van der Waals surface area (Å²) in [4.78, 5) is 24.3. The van der Waals surface area contributed by atoms with Crippen molar-refractivity contribution < 1.29 is 27.5 Å². The van der Waals surface area contributed by atoms with Gasteiger partial charge in [-0.25, -0.2) is 4.68 Å². The van der Waals surface area contributed by atoms with Gasteiger partial charge in [0, 0.05) is 11.8 Å². The lowest BCUT2D eigenvalue weighted by Crippen LogP contribution is -2.31. The van der Waals surface area contributed by atoms with E-state index in [1.807, 2.05) is 30.3 Å². The number of amides is 1. The van der Waals surface area contributed by atoms with Gasteiger partial charge in [0.1, 0.15) is 0 Å². The quantitative estimate of drug-likeness (QED) is 0.616. The maximum Gasteiger partial charge on any atom is 0.418 e. The first-order valence-corrected chi connectivity index (χ1v) is 8.99. The van der Waals surface area contributed by atoms with Crippen molar-refractivity contribution in [3.63, 3.8) is 0 Å². The molecule has 9 heteroatoms. The highest BCUT2D eigenvalue weighted by molar-refractivity contribution is 5.95. The fourth-order valence-corrected chi connectivity index (χ4v) is 2.71. The minimum Gasteiger partial charge on any atom is -0.452 e. The van der Waals surface area contributed by atoms with Gasteiger partial charge >= 0.3 is 12.1 Å². The molecule has 1 N–H and O–H groups in total. The topological polar surface area (TPSA) is 73.2 Å². The average Bonchev–Trinajstić information content (AvgIpc) is 3.16. The van der Waals surface area contributed by atoms with E-state index in [1.165, 1.54) is 25.3 Å². The Morgan fingerprint density at radius 3 is 2.47 bits per heavy atom. The lowest BCUT2D eigenvalue weighted by atomic mass is 10.1. The molecule has 1 unspecified atom stereocenters. The van der Waals surface area contributed by atoms with Crippen LogP contribution in [0.1, 0.15) is 18.1 Å². The molecule has 0 aliphatic carbocycles. The summed E-state index contributed by atoms with van der Waals surface area (Å²) >= 11 is 0. The summed E-state index contributed by atoms with van der Waals surface area (Å²) in [6.07, 6.45) is -2.88. The number of carbonyl (C=O) groups excluding carboxylic acids is 2. The molecule has 3 rings (SSSR count). The van der Waals surface area contributed by atoms with Crippen LogP contribution in [0.4, 0.5) is 18.9 Å². The number of halogens is 3. The second-order valence-electron chi connectivity index (χ2n) is 6.47. The van der Waals surface area contributed by atoms with E-state index >= 15 is 0 Å². The highest BCUT2D eigenvalue weighted by Crippen LogP contribution is 2.34. The monoisotopic (exact) mass is 417 g/mol. The van der Waals surface area contributed by atoms with Crippen molar-refractivity contribution >= 4 is 17.6 Å². The second kappa shape index (κ2) is 8.81. The molecule has 30 heavy (non-hydrogen) atoms. The molecule has 1 aromatic heterocycles. The number of alkyl halides is 3. The fraction of sp³-hybridized carbons (Fsp3) is 0.190. The predicted molar refractivity (Wildman–Crippen MR) is 103 cm³/mol. The van der Waals surface area contributed by atoms with Crippen LogP contribution in [-0.2, 0) is 26.9 Å². The van der Waals surface area contributed by atoms with E-state index in [4.69, 9.17) is 4.74 Å². The Morgan fingerprint density at radius 2 is 1.77 bits per heavy atom. The van der Waals surface area contributed by atoms with Gasteiger partial charge in [-0.3, -0.25) is 9.59 Å². The molecule has 0 fully saturated rings. The van der Waals surface area contributed by atoms with Crippen LogP contribution in [0.3, 0.4) is 0 Å². The SMILES string of the molecule is CC(OC(=O)Cc1cnn(-c2ccccc2)c1)C(=O)Nc1ccccc1C(F)(F)F. The van der Waals surface area contributed by atoms with Gasteiger partial charge in [-0.2, -0.15) is 18.3 Å². The van der Waals surface area contributed by atoms with Crippen molar-refractivity contribution in [1.29, 1.82) is 0 Å². The zero-order chi connectivity index (χ0) is 21.7. The zero-order valence-electron chi connectivity index (χ0n) is 15.9. The van der Waals surface area contributed by atoms with Crippen LogP contribution in [-0.4, -0.2) is 27.8 Å². The Hall–Kier alpha value is -3.62. The molecule has 0 spiro atoms. The summed E-state index contributed by atoms with van der Waals surface area (Å²) < 4.78 is 45.7. The molecular formula is C21H18F3N3O3. The van der Waals surface area contributed by atoms with Gasteiger partial charge in [0.05, 0.1) is 29.6 Å². The molecule has 1 atom stereocenters. The van der Waals surface area contributed by atoms with Crippen LogP contribution in [0.5, 0.6) is 0 Å². The normalized spacial score (nSPS) is 12.3. The van der Waals surface area contributed by atoms with E-state index in [2.05, 4.69) is 10.4 Å². The van der Waals surface area contributed by atoms with Crippen molar-refractivity contribution in [2.24, 2.45) is 0 Å². The first-order valence-electron chi connectivity index (χ1n) is 8.99. The third-order valence-electron chi connectivity index (χ3n) is 4.17. The molecule has 1 amide bonds. The molecule has 1 heterocycles. The minimum atomic E-state index is -4.62. The number of anilines is 1. The maximum atomic E-state index is 13.0. The third-order valence-corrected chi connectivity index (χ3v) is 4.17. The summed E-state index contributed by atoms with van der Waals surface area (Å²) in [5, 5.41) is 6.32. The molecule has 2 aromatic carbocycles. The van der Waals surface area contributed by atoms with Crippen molar-refractivity contribution in [3.8, 4) is 5.69 Å². The summed E-state index contributed by atoms with van der Waals surface area (Å²) in [5.41, 5.74) is -0.000638. The molecule has 6 nitrogen and oxygen atoms in total. The molecule has 0 aliphatic heterocycles. The summed E-state index contributed by atoms with van der Waals surface area (Å²) in [6, 6.07) is 13.8. The number of nitrogens with zero attached hydrogens (tertiary/aromatic N) is 2. The Balaban J connectivity index is 1.59. The van der Waals surface area contributed by atoms with Gasteiger partial charge < -0.3 is 10.1 Å². The molecule has 0 saturated carbocycles. The molecule has 0 radical (unpaired) electrons. The van der Waals surface area contributed by atoms with Gasteiger partial charge in [-0.1, -0.05) is 30.3 Å². The van der Waals surface area contributed by atoms with Gasteiger partial charge in [-0.15, -0.1) is 0 Å². The fourth-order valence-electron chi connectivity index (χ4n) is 2.71. The first-order chi connectivity index (χ1) is 14.2. The molecule has 0 aliphatic rings. The number of hydrogen-bond donors (Lipinski definition) is 1. The number of esters is 1. The molecule has 3 aromatic rings. The van der Waals surface area contributed by atoms with Crippen molar-refractivity contribution in [3.05, 3.63) is 78.1 Å². The maximum absolute atomic E-state index is 13.0. The van der Waals surface area contributed by atoms with Crippen molar-refractivity contribution in [2.75, 3.05) is 5.32 Å². The second-order valence-corrected chi connectivity index (χ2v) is 6.47. The minimum absolute atomic E-state index is 0.135. The number of para-hydroxylation sites is 2. The smallest absolute Gasteiger partial charge is 0.418 e. The molecule has 156 valence electrons. The van der Waals surface area contributed by atoms with Crippen LogP contribution in [0.15, 0.2) is 67.0 Å². The van der Waals surface area contributed by atoms with Crippen molar-refractivity contribution in [2.45, 2.75) is 25.6 Å². The highest BCUT2D eigenvalue weighted by Gasteiger charge is 2.34. The standard InChI is InChI=1S/C21H18F3N3O3/c1-14(20(29)26-18-10-6-5-9-17(18)21(22,23)24)30-19(28)11-15-12-25-27(13-15)16-7-3-2-4-8-16/h2-10,12-14H,11H2,1H3,(H,26,29). The van der Waals surface area contributed by atoms with E-state index in [0.717, 1.165) is 17.8 Å². The molecule has 0 bridgehead atoms. The number of carbonyl (C=O) groups is 2. The lowest BCUT2D eigenvalue weighted by molar-refractivity contribution is -0.152. The number of nitrogens with one attached hydrogen (secondary N) is 1. The summed E-state index contributed by atoms with van der Waals surface area (Å²) in [5.74, 6) is -1.56. The largest absolute Gasteiger partial charge is 0.452 e. The molecular weight excluding hydrogens is 399 g/mol. The van der Waals surface area contributed by atoms with Crippen LogP contribution in [0.2, 0.25) is 0 Å². The van der Waals surface area contributed by atoms with Gasteiger partial charge in [-0.05, 0) is 31.2 Å². The Kier molecular flexibility index (Phi) is 6.20. The predicted octanol–water partition coefficient (Wildman–Crippen LogP) is 4.00. The van der Waals surface area contributed by atoms with Gasteiger partial charge in [0.15, 0.2) is 6.10 Å². The van der Waals surface area contributed by atoms with E-state index < -0.39 is 35.4 Å². The van der Waals surface area contributed by atoms with E-state index in [0.29, 0.717) is 5.56 Å². The van der Waals surface area contributed by atoms with E-state index in [1.54, 1.807) is 10.9 Å². The average molecular weight is 417 g/mol. The zero-order valence-corrected chi connectivity index (χ0v) is 15.9. The number of benzene rings is 2. The number of hydrogen-bond acceptors (Lipinski definition) is 4. The Morgan fingerprint density at radius 1 is 1.10 bits per heavy atom. The van der Waals surface area contributed by atoms with E-state index in [9.17, 15) is 22.8 Å².